The van der Waals surface area contributed by atoms with Crippen molar-refractivity contribution in [3.63, 3.8) is 0 Å². The standard InChI is InChI=1S/C12H24N4O7.H2O4S/c13-2-1-3(14)9(7(19)5(2)17)22-12-4(15)6(18)8(20)10(23-12)11(16)21;1-5(2,3)4/h2-10,12,17-20H,1,13-15H2,(H2,16,21);(H2,1,2,3,4)/t2-,3+,4-,5+,6-,7-,8+,9-,10-,12+;/m1./s1. The van der Waals surface area contributed by atoms with Crippen molar-refractivity contribution in [2.45, 2.75) is 67.5 Å². The summed E-state index contributed by atoms with van der Waals surface area (Å²) < 4.78 is 42.2. The fourth-order valence-corrected chi connectivity index (χ4v) is 2.87. The largest absolute Gasteiger partial charge is 0.394 e. The van der Waals surface area contributed by atoms with Crippen molar-refractivity contribution in [2.24, 2.45) is 22.9 Å². The smallest absolute Gasteiger partial charge is 0.389 e. The molecule has 0 unspecified atom stereocenters. The fourth-order valence-electron chi connectivity index (χ4n) is 2.87. The number of aliphatic hydroxyl groups is 4. The lowest BCUT2D eigenvalue weighted by molar-refractivity contribution is -0.284. The molecule has 0 aromatic carbocycles. The lowest BCUT2D eigenvalue weighted by atomic mass is 9.84. The van der Waals surface area contributed by atoms with Crippen LogP contribution >= 0.6 is 0 Å². The van der Waals surface area contributed by atoms with E-state index in [9.17, 15) is 25.2 Å². The van der Waals surface area contributed by atoms with Gasteiger partial charge in [-0.15, -0.1) is 0 Å². The number of primary amides is 1. The predicted molar refractivity (Wildman–Crippen MR) is 89.5 cm³/mol. The molecule has 2 fully saturated rings. The summed E-state index contributed by atoms with van der Waals surface area (Å²) in [5.74, 6) is -1.01. The maximum Gasteiger partial charge on any atom is 0.394 e. The van der Waals surface area contributed by atoms with Crippen molar-refractivity contribution in [1.29, 1.82) is 0 Å². The van der Waals surface area contributed by atoms with E-state index in [0.29, 0.717) is 0 Å². The maximum absolute atomic E-state index is 11.3. The Labute approximate surface area is 159 Å². The van der Waals surface area contributed by atoms with Crippen LogP contribution < -0.4 is 22.9 Å². The molecule has 0 aromatic rings. The molecule has 0 aromatic heterocycles. The van der Waals surface area contributed by atoms with E-state index >= 15 is 0 Å². The first-order valence-electron chi connectivity index (χ1n) is 7.94. The summed E-state index contributed by atoms with van der Waals surface area (Å²) in [6, 6.07) is -2.66. The number of hydrogen-bond donors (Lipinski definition) is 10. The number of hydrogen-bond acceptors (Lipinski definition) is 12. The zero-order chi connectivity index (χ0) is 22.0. The maximum atomic E-state index is 11.3. The Hall–Kier alpha value is -1.02. The third-order valence-corrected chi connectivity index (χ3v) is 4.31. The van der Waals surface area contributed by atoms with Gasteiger partial charge < -0.3 is 52.8 Å². The molecule has 28 heavy (non-hydrogen) atoms. The van der Waals surface area contributed by atoms with E-state index < -0.39 is 77.3 Å². The van der Waals surface area contributed by atoms with E-state index in [1.165, 1.54) is 0 Å². The van der Waals surface area contributed by atoms with Crippen LogP contribution in [0.15, 0.2) is 0 Å². The van der Waals surface area contributed by atoms with Crippen LogP contribution in [-0.4, -0.2) is 105 Å². The molecular formula is C12H26N4O11S. The molecule has 15 nitrogen and oxygen atoms in total. The topological polar surface area (TPSA) is 295 Å². The highest BCUT2D eigenvalue weighted by Crippen LogP contribution is 2.27. The lowest BCUT2D eigenvalue weighted by Crippen LogP contribution is -2.68. The molecule has 0 bridgehead atoms. The molecule has 14 N–H and O–H groups in total. The Morgan fingerprint density at radius 1 is 0.929 bits per heavy atom. The molecule has 2 rings (SSSR count). The van der Waals surface area contributed by atoms with Crippen molar-refractivity contribution in [3.05, 3.63) is 0 Å². The van der Waals surface area contributed by atoms with E-state index in [2.05, 4.69) is 0 Å². The van der Waals surface area contributed by atoms with Crippen molar-refractivity contribution < 1.29 is 52.2 Å². The predicted octanol–water partition coefficient (Wildman–Crippen LogP) is -6.24. The van der Waals surface area contributed by atoms with Crippen LogP contribution in [0, 0.1) is 0 Å². The number of rotatable bonds is 3. The van der Waals surface area contributed by atoms with E-state index in [0.717, 1.165) is 0 Å². The van der Waals surface area contributed by atoms with Gasteiger partial charge in [0, 0.05) is 12.1 Å². The summed E-state index contributed by atoms with van der Waals surface area (Å²) in [5.41, 5.74) is 22.3. The van der Waals surface area contributed by atoms with Crippen molar-refractivity contribution in [2.75, 3.05) is 0 Å². The average Bonchev–Trinajstić information content (AvgIpc) is 2.54. The zero-order valence-electron chi connectivity index (χ0n) is 14.4. The number of aliphatic hydroxyl groups excluding tert-OH is 4. The van der Waals surface area contributed by atoms with E-state index in [-0.39, 0.29) is 6.42 Å². The number of amides is 1. The highest BCUT2D eigenvalue weighted by Gasteiger charge is 2.49. The van der Waals surface area contributed by atoms with Crippen molar-refractivity contribution >= 4 is 16.3 Å². The van der Waals surface area contributed by atoms with Crippen LogP contribution in [0.1, 0.15) is 6.42 Å². The van der Waals surface area contributed by atoms with Gasteiger partial charge in [0.2, 0.25) is 5.91 Å². The molecule has 166 valence electrons. The quantitative estimate of drug-likeness (QED) is 0.185. The van der Waals surface area contributed by atoms with Gasteiger partial charge in [0.1, 0.15) is 24.4 Å². The van der Waals surface area contributed by atoms with Gasteiger partial charge in [-0.2, -0.15) is 8.42 Å². The van der Waals surface area contributed by atoms with Crippen molar-refractivity contribution in [1.82, 2.24) is 0 Å². The van der Waals surface area contributed by atoms with Crippen LogP contribution in [-0.2, 0) is 24.7 Å². The van der Waals surface area contributed by atoms with Crippen LogP contribution in [0.25, 0.3) is 0 Å². The summed E-state index contributed by atoms with van der Waals surface area (Å²) in [6.45, 7) is 0. The second kappa shape index (κ2) is 9.65. The first kappa shape index (κ1) is 25.0. The number of nitrogens with two attached hydrogens (primary N) is 4. The van der Waals surface area contributed by atoms with Crippen LogP contribution in [0.2, 0.25) is 0 Å². The van der Waals surface area contributed by atoms with Gasteiger partial charge in [0.25, 0.3) is 0 Å². The normalized spacial score (nSPS) is 44.3. The first-order valence-corrected chi connectivity index (χ1v) is 9.34. The van der Waals surface area contributed by atoms with Gasteiger partial charge in [0.15, 0.2) is 12.4 Å². The van der Waals surface area contributed by atoms with Gasteiger partial charge in [-0.1, -0.05) is 0 Å². The highest BCUT2D eigenvalue weighted by atomic mass is 32.3. The molecule has 1 aliphatic carbocycles. The molecule has 1 amide bonds. The molecule has 1 heterocycles. The SMILES string of the molecule is NC(=O)[C@@H]1O[C@H](O[C@H]2[C@H](O)[C@@H](O)[C@H](N)C[C@@H]2N)[C@H](N)[C@@H](O)[C@@H]1O.O=S(=O)(O)O. The minimum atomic E-state index is -4.67. The average molecular weight is 434 g/mol. The Bertz CT molecular complexity index is 629. The van der Waals surface area contributed by atoms with E-state index in [1.54, 1.807) is 0 Å². The number of ether oxygens (including phenoxy) is 2. The summed E-state index contributed by atoms with van der Waals surface area (Å²) in [6.07, 6.45) is -9.60. The van der Waals surface area contributed by atoms with Crippen LogP contribution in [0.4, 0.5) is 0 Å². The Balaban J connectivity index is 0.000000696. The van der Waals surface area contributed by atoms with Crippen molar-refractivity contribution in [3.8, 4) is 0 Å². The minimum Gasteiger partial charge on any atom is -0.389 e. The lowest BCUT2D eigenvalue weighted by Gasteiger charge is -2.45. The second-order valence-corrected chi connectivity index (χ2v) is 7.37. The molecule has 0 spiro atoms. The summed E-state index contributed by atoms with van der Waals surface area (Å²) >= 11 is 0. The van der Waals surface area contributed by atoms with Gasteiger partial charge in [-0.25, -0.2) is 0 Å². The second-order valence-electron chi connectivity index (χ2n) is 6.48. The van der Waals surface area contributed by atoms with Gasteiger partial charge in [-0.05, 0) is 6.42 Å². The zero-order valence-corrected chi connectivity index (χ0v) is 15.2. The summed E-state index contributed by atoms with van der Waals surface area (Å²) in [7, 11) is -4.67. The molecule has 2 aliphatic rings. The van der Waals surface area contributed by atoms with Gasteiger partial charge >= 0.3 is 10.4 Å². The Morgan fingerprint density at radius 3 is 1.89 bits per heavy atom. The van der Waals surface area contributed by atoms with Gasteiger partial charge in [0.05, 0.1) is 12.1 Å². The molecule has 1 saturated carbocycles. The minimum absolute atomic E-state index is 0.176. The van der Waals surface area contributed by atoms with Gasteiger partial charge in [-0.3, -0.25) is 13.9 Å². The van der Waals surface area contributed by atoms with E-state index in [4.69, 9.17) is 49.9 Å². The monoisotopic (exact) mass is 434 g/mol. The molecule has 10 atom stereocenters. The summed E-state index contributed by atoms with van der Waals surface area (Å²) in [5, 5.41) is 39.5. The molecule has 1 saturated heterocycles. The Kier molecular flexibility index (Phi) is 8.62. The third kappa shape index (κ3) is 6.51. The Morgan fingerprint density at radius 2 is 1.43 bits per heavy atom. The molecular weight excluding hydrogens is 408 g/mol. The third-order valence-electron chi connectivity index (χ3n) is 4.31. The number of carbonyl (C=O) groups excluding carboxylic acids is 1. The van der Waals surface area contributed by atoms with Crippen LogP contribution in [0.3, 0.4) is 0 Å². The molecule has 16 heteroatoms. The molecule has 1 aliphatic heterocycles. The first-order chi connectivity index (χ1) is 12.6. The van der Waals surface area contributed by atoms with Crippen LogP contribution in [0.5, 0.6) is 0 Å². The summed E-state index contributed by atoms with van der Waals surface area (Å²) in [4.78, 5) is 11.3. The molecule has 0 radical (unpaired) electrons. The highest BCUT2D eigenvalue weighted by molar-refractivity contribution is 7.79. The number of carbonyl (C=O) groups is 1. The fraction of sp³-hybridized carbons (Fsp3) is 0.917. The van der Waals surface area contributed by atoms with E-state index in [1.807, 2.05) is 0 Å².